The number of aromatic nitrogens is 3. The molecule has 3 nitrogen and oxygen atoms in total. The first-order chi connectivity index (χ1) is 10.2. The molecule has 2 aromatic rings. The molecule has 0 spiro atoms. The van der Waals surface area contributed by atoms with Gasteiger partial charge in [-0.1, -0.05) is 19.3 Å². The fraction of sp³-hybridized carbons (Fsp3) is 0.625. The van der Waals surface area contributed by atoms with Crippen LogP contribution in [0.5, 0.6) is 0 Å². The molecule has 0 radical (unpaired) electrons. The van der Waals surface area contributed by atoms with E-state index in [1.165, 1.54) is 32.1 Å². The smallest absolute Gasteiger partial charge is 0.160 e. The van der Waals surface area contributed by atoms with Crippen molar-refractivity contribution in [3.63, 3.8) is 0 Å². The number of halogens is 1. The van der Waals surface area contributed by atoms with Crippen molar-refractivity contribution in [1.29, 1.82) is 0 Å². The Morgan fingerprint density at radius 3 is 2.67 bits per heavy atom. The van der Waals surface area contributed by atoms with Crippen LogP contribution in [0.15, 0.2) is 12.1 Å². The fourth-order valence-electron chi connectivity index (χ4n) is 3.32. The van der Waals surface area contributed by atoms with Gasteiger partial charge in [-0.05, 0) is 38.2 Å². The molecule has 0 aromatic carbocycles. The average molecular weight is 324 g/mol. The summed E-state index contributed by atoms with van der Waals surface area (Å²) in [7, 11) is 0. The van der Waals surface area contributed by atoms with Gasteiger partial charge in [-0.2, -0.15) is 11.8 Å². The number of imidazole rings is 1. The average Bonchev–Trinajstić information content (AvgIpc) is 2.85. The monoisotopic (exact) mass is 323 g/mol. The molecule has 1 aliphatic carbocycles. The van der Waals surface area contributed by atoms with Crippen LogP contribution in [0.4, 0.5) is 0 Å². The molecule has 0 amide bonds. The molecule has 1 aliphatic rings. The lowest BCUT2D eigenvalue weighted by Crippen LogP contribution is -2.33. The van der Waals surface area contributed by atoms with E-state index in [1.54, 1.807) is 0 Å². The van der Waals surface area contributed by atoms with Gasteiger partial charge in [0.25, 0.3) is 0 Å². The van der Waals surface area contributed by atoms with Crippen LogP contribution in [0, 0.1) is 6.92 Å². The fourth-order valence-corrected chi connectivity index (χ4v) is 4.48. The van der Waals surface area contributed by atoms with Gasteiger partial charge in [0, 0.05) is 17.0 Å². The zero-order valence-electron chi connectivity index (χ0n) is 12.7. The second kappa shape index (κ2) is 6.17. The lowest BCUT2D eigenvalue weighted by Gasteiger charge is -2.36. The van der Waals surface area contributed by atoms with Crippen molar-refractivity contribution in [2.45, 2.75) is 56.2 Å². The molecule has 2 heterocycles. The number of hydrogen-bond donors (Lipinski definition) is 0. The van der Waals surface area contributed by atoms with E-state index in [2.05, 4.69) is 21.9 Å². The Bertz CT molecular complexity index is 632. The maximum Gasteiger partial charge on any atom is 0.160 e. The number of pyridine rings is 1. The molecule has 5 heteroatoms. The van der Waals surface area contributed by atoms with Gasteiger partial charge < -0.3 is 4.57 Å². The van der Waals surface area contributed by atoms with Crippen molar-refractivity contribution in [3.8, 4) is 0 Å². The maximum atomic E-state index is 6.13. The number of rotatable bonds is 4. The lowest BCUT2D eigenvalue weighted by atomic mass is 9.88. The van der Waals surface area contributed by atoms with Crippen LogP contribution in [-0.4, -0.2) is 25.5 Å². The summed E-state index contributed by atoms with van der Waals surface area (Å²) in [5.41, 5.74) is 2.99. The van der Waals surface area contributed by atoms with Crippen molar-refractivity contribution in [2.24, 2.45) is 0 Å². The predicted molar refractivity (Wildman–Crippen MR) is 91.2 cm³/mol. The topological polar surface area (TPSA) is 30.7 Å². The molecule has 0 saturated heterocycles. The quantitative estimate of drug-likeness (QED) is 0.774. The molecule has 3 rings (SSSR count). The standard InChI is InChI=1S/C16H22ClN3S/c1-12-6-7-13-15(18-12)20(14(10-17)19-13)11-16(21-2)8-4-3-5-9-16/h6-7H,3-5,8-11H2,1-2H3. The van der Waals surface area contributed by atoms with Crippen LogP contribution >= 0.6 is 23.4 Å². The van der Waals surface area contributed by atoms with Crippen molar-refractivity contribution in [3.05, 3.63) is 23.7 Å². The van der Waals surface area contributed by atoms with Gasteiger partial charge in [-0.3, -0.25) is 0 Å². The minimum atomic E-state index is 0.318. The lowest BCUT2D eigenvalue weighted by molar-refractivity contribution is 0.358. The zero-order chi connectivity index (χ0) is 14.9. The summed E-state index contributed by atoms with van der Waals surface area (Å²) < 4.78 is 2.58. The molecule has 0 atom stereocenters. The minimum absolute atomic E-state index is 0.318. The van der Waals surface area contributed by atoms with E-state index in [-0.39, 0.29) is 0 Å². The number of alkyl halides is 1. The Kier molecular flexibility index (Phi) is 4.46. The van der Waals surface area contributed by atoms with Gasteiger partial charge in [0.15, 0.2) is 5.65 Å². The predicted octanol–water partition coefficient (Wildman–Crippen LogP) is 4.54. The minimum Gasteiger partial charge on any atom is -0.310 e. The van der Waals surface area contributed by atoms with Crippen molar-refractivity contribution >= 4 is 34.5 Å². The van der Waals surface area contributed by atoms with Crippen LogP contribution in [0.1, 0.15) is 43.6 Å². The largest absolute Gasteiger partial charge is 0.310 e. The van der Waals surface area contributed by atoms with Crippen molar-refractivity contribution < 1.29 is 0 Å². The summed E-state index contributed by atoms with van der Waals surface area (Å²) in [5, 5.41) is 0. The van der Waals surface area contributed by atoms with Crippen molar-refractivity contribution in [2.75, 3.05) is 6.26 Å². The number of fused-ring (bicyclic) bond motifs is 1. The molecule has 0 bridgehead atoms. The van der Waals surface area contributed by atoms with Gasteiger partial charge in [-0.25, -0.2) is 9.97 Å². The third-order valence-electron chi connectivity index (χ3n) is 4.57. The SMILES string of the molecule is CSC1(Cn2c(CCl)nc3ccc(C)nc32)CCCCC1. The van der Waals surface area contributed by atoms with Crippen LogP contribution in [0.2, 0.25) is 0 Å². The normalized spacial score (nSPS) is 18.2. The van der Waals surface area contributed by atoms with Crippen LogP contribution in [-0.2, 0) is 12.4 Å². The second-order valence-corrected chi connectivity index (χ2v) is 7.53. The summed E-state index contributed by atoms with van der Waals surface area (Å²) in [6.07, 6.45) is 8.82. The molecule has 0 N–H and O–H groups in total. The molecular weight excluding hydrogens is 302 g/mol. The highest BCUT2D eigenvalue weighted by molar-refractivity contribution is 8.00. The van der Waals surface area contributed by atoms with Crippen molar-refractivity contribution in [1.82, 2.24) is 14.5 Å². The first kappa shape index (κ1) is 15.2. The highest BCUT2D eigenvalue weighted by atomic mass is 35.5. The molecular formula is C16H22ClN3S. The third kappa shape index (κ3) is 2.93. The van der Waals surface area contributed by atoms with Crippen LogP contribution < -0.4 is 0 Å². The molecule has 114 valence electrons. The van der Waals surface area contributed by atoms with Gasteiger partial charge in [0.2, 0.25) is 0 Å². The van der Waals surface area contributed by atoms with Crippen LogP contribution in [0.25, 0.3) is 11.2 Å². The van der Waals surface area contributed by atoms with Gasteiger partial charge in [0.1, 0.15) is 11.3 Å². The number of aryl methyl sites for hydroxylation is 1. The first-order valence-corrected chi connectivity index (χ1v) is 9.37. The summed E-state index contributed by atoms with van der Waals surface area (Å²) >= 11 is 8.14. The number of hydrogen-bond acceptors (Lipinski definition) is 3. The molecule has 0 aliphatic heterocycles. The summed E-state index contributed by atoms with van der Waals surface area (Å²) in [6.45, 7) is 3.01. The summed E-state index contributed by atoms with van der Waals surface area (Å²) in [4.78, 5) is 9.37. The van der Waals surface area contributed by atoms with Gasteiger partial charge in [-0.15, -0.1) is 11.6 Å². The highest BCUT2D eigenvalue weighted by Crippen LogP contribution is 2.40. The molecule has 21 heavy (non-hydrogen) atoms. The molecule has 1 fully saturated rings. The zero-order valence-corrected chi connectivity index (χ0v) is 14.3. The Morgan fingerprint density at radius 2 is 2.00 bits per heavy atom. The van der Waals surface area contributed by atoms with E-state index in [9.17, 15) is 0 Å². The van der Waals surface area contributed by atoms with Crippen LogP contribution in [0.3, 0.4) is 0 Å². The second-order valence-electron chi connectivity index (χ2n) is 5.99. The maximum absolute atomic E-state index is 6.13. The highest BCUT2D eigenvalue weighted by Gasteiger charge is 2.33. The van der Waals surface area contributed by atoms with E-state index in [0.717, 1.165) is 29.2 Å². The third-order valence-corrected chi connectivity index (χ3v) is 6.22. The Balaban J connectivity index is 2.03. The number of nitrogens with zero attached hydrogens (tertiary/aromatic N) is 3. The summed E-state index contributed by atoms with van der Waals surface area (Å²) in [6, 6.07) is 4.07. The van der Waals surface area contributed by atoms with Gasteiger partial charge in [0.05, 0.1) is 5.88 Å². The van der Waals surface area contributed by atoms with E-state index in [0.29, 0.717) is 10.6 Å². The van der Waals surface area contributed by atoms with E-state index >= 15 is 0 Å². The van der Waals surface area contributed by atoms with E-state index in [1.807, 2.05) is 24.8 Å². The molecule has 1 saturated carbocycles. The first-order valence-electron chi connectivity index (χ1n) is 7.61. The van der Waals surface area contributed by atoms with E-state index in [4.69, 9.17) is 16.6 Å². The number of thioether (sulfide) groups is 1. The summed E-state index contributed by atoms with van der Waals surface area (Å²) in [5.74, 6) is 1.39. The Morgan fingerprint density at radius 1 is 1.24 bits per heavy atom. The van der Waals surface area contributed by atoms with Gasteiger partial charge >= 0.3 is 0 Å². The molecule has 2 aromatic heterocycles. The Labute approximate surface area is 135 Å². The Hall–Kier alpha value is -0.740. The van der Waals surface area contributed by atoms with E-state index < -0.39 is 0 Å². The molecule has 0 unspecified atom stereocenters.